The highest BCUT2D eigenvalue weighted by Crippen LogP contribution is 2.16. The van der Waals surface area contributed by atoms with Crippen molar-refractivity contribution in [2.24, 2.45) is 0 Å². The number of hydrogen-bond donors (Lipinski definition) is 1. The van der Waals surface area contributed by atoms with Gasteiger partial charge < -0.3 is 14.4 Å². The van der Waals surface area contributed by atoms with Gasteiger partial charge in [-0.25, -0.2) is 0 Å². The second-order valence-corrected chi connectivity index (χ2v) is 4.95. The lowest BCUT2D eigenvalue weighted by molar-refractivity contribution is -0.138. The number of hydrogen-bond acceptors (Lipinski definition) is 6. The van der Waals surface area contributed by atoms with Crippen molar-refractivity contribution in [2.75, 3.05) is 19.7 Å². The maximum atomic E-state index is 10.4. The summed E-state index contributed by atoms with van der Waals surface area (Å²) < 4.78 is 10.7. The molecule has 0 spiro atoms. The Balaban J connectivity index is 1.67. The third-order valence-corrected chi connectivity index (χ3v) is 3.39. The number of aryl methyl sites for hydroxylation is 1. The summed E-state index contributed by atoms with van der Waals surface area (Å²) in [6.45, 7) is 4.77. The van der Waals surface area contributed by atoms with Gasteiger partial charge in [0.1, 0.15) is 0 Å². The molecule has 0 saturated carbocycles. The number of aromatic nitrogens is 2. The van der Waals surface area contributed by atoms with Crippen LogP contribution in [0.15, 0.2) is 4.52 Å². The molecular formula is C13H21N3O4. The molecule has 112 valence electrons. The fraction of sp³-hybridized carbons (Fsp3) is 0.769. The van der Waals surface area contributed by atoms with Crippen LogP contribution in [-0.4, -0.2) is 51.9 Å². The van der Waals surface area contributed by atoms with E-state index in [4.69, 9.17) is 14.4 Å². The predicted octanol–water partition coefficient (Wildman–Crippen LogP) is 1.09. The normalized spacial score (nSPS) is 17.4. The van der Waals surface area contributed by atoms with Crippen LogP contribution in [-0.2, 0) is 22.5 Å². The highest BCUT2D eigenvalue weighted by atomic mass is 16.5. The Hall–Kier alpha value is -1.47. The van der Waals surface area contributed by atoms with E-state index in [9.17, 15) is 4.79 Å². The third-order valence-electron chi connectivity index (χ3n) is 3.39. The minimum atomic E-state index is -0.814. The van der Waals surface area contributed by atoms with Crippen molar-refractivity contribution < 1.29 is 19.2 Å². The first-order chi connectivity index (χ1) is 9.67. The Morgan fingerprint density at radius 2 is 2.25 bits per heavy atom. The lowest BCUT2D eigenvalue weighted by Crippen LogP contribution is -2.36. The van der Waals surface area contributed by atoms with Crippen LogP contribution < -0.4 is 0 Å². The van der Waals surface area contributed by atoms with E-state index in [0.717, 1.165) is 38.2 Å². The van der Waals surface area contributed by atoms with Gasteiger partial charge in [0.05, 0.1) is 25.7 Å². The van der Waals surface area contributed by atoms with E-state index >= 15 is 0 Å². The van der Waals surface area contributed by atoms with Crippen molar-refractivity contribution >= 4 is 5.97 Å². The average Bonchev–Trinajstić information content (AvgIpc) is 2.88. The maximum absolute atomic E-state index is 10.4. The Bertz CT molecular complexity index is 427. The monoisotopic (exact) mass is 283 g/mol. The topological polar surface area (TPSA) is 88.7 Å². The zero-order valence-corrected chi connectivity index (χ0v) is 11.7. The summed E-state index contributed by atoms with van der Waals surface area (Å²) in [7, 11) is 0. The molecule has 1 aliphatic rings. The van der Waals surface area contributed by atoms with E-state index in [1.165, 1.54) is 0 Å². The SMILES string of the molecule is CCc1noc(CN2CCC(OCCC(=O)O)CC2)n1. The lowest BCUT2D eigenvalue weighted by Gasteiger charge is -2.30. The highest BCUT2D eigenvalue weighted by molar-refractivity contribution is 5.66. The number of likely N-dealkylation sites (tertiary alicyclic amines) is 1. The van der Waals surface area contributed by atoms with Gasteiger partial charge in [0.15, 0.2) is 5.82 Å². The molecule has 1 aromatic rings. The molecule has 0 amide bonds. The number of rotatable bonds is 7. The van der Waals surface area contributed by atoms with Gasteiger partial charge in [0.2, 0.25) is 5.89 Å². The first kappa shape index (κ1) is 14.9. The summed E-state index contributed by atoms with van der Waals surface area (Å²) in [5, 5.41) is 12.4. The molecule has 0 aliphatic carbocycles. The molecule has 1 aliphatic heterocycles. The van der Waals surface area contributed by atoms with E-state index in [2.05, 4.69) is 15.0 Å². The molecule has 7 heteroatoms. The van der Waals surface area contributed by atoms with Gasteiger partial charge in [-0.05, 0) is 12.8 Å². The van der Waals surface area contributed by atoms with E-state index in [1.807, 2.05) is 6.92 Å². The number of aliphatic carboxylic acids is 1. The van der Waals surface area contributed by atoms with Crippen LogP contribution in [0.4, 0.5) is 0 Å². The predicted molar refractivity (Wildman–Crippen MR) is 70.2 cm³/mol. The van der Waals surface area contributed by atoms with Crippen LogP contribution in [0.3, 0.4) is 0 Å². The molecule has 7 nitrogen and oxygen atoms in total. The molecule has 0 unspecified atom stereocenters. The van der Waals surface area contributed by atoms with Gasteiger partial charge in [-0.2, -0.15) is 4.98 Å². The second-order valence-electron chi connectivity index (χ2n) is 4.95. The minimum absolute atomic E-state index is 0.0714. The van der Waals surface area contributed by atoms with Crippen LogP contribution in [0.5, 0.6) is 0 Å². The quantitative estimate of drug-likeness (QED) is 0.801. The number of nitrogens with zero attached hydrogens (tertiary/aromatic N) is 3. The number of ether oxygens (including phenoxy) is 1. The molecule has 20 heavy (non-hydrogen) atoms. The van der Waals surface area contributed by atoms with Gasteiger partial charge in [-0.1, -0.05) is 12.1 Å². The largest absolute Gasteiger partial charge is 0.481 e. The molecule has 2 rings (SSSR count). The van der Waals surface area contributed by atoms with Crippen molar-refractivity contribution in [1.29, 1.82) is 0 Å². The Kier molecular flexibility index (Phi) is 5.49. The molecule has 1 fully saturated rings. The average molecular weight is 283 g/mol. The van der Waals surface area contributed by atoms with Crippen LogP contribution in [0.2, 0.25) is 0 Å². The summed E-state index contributed by atoms with van der Waals surface area (Å²) in [6.07, 6.45) is 2.84. The summed E-state index contributed by atoms with van der Waals surface area (Å²) in [6, 6.07) is 0. The second kappa shape index (κ2) is 7.35. The van der Waals surface area contributed by atoms with Crippen molar-refractivity contribution in [3.63, 3.8) is 0 Å². The number of carbonyl (C=O) groups is 1. The van der Waals surface area contributed by atoms with E-state index in [-0.39, 0.29) is 12.5 Å². The Morgan fingerprint density at radius 3 is 2.85 bits per heavy atom. The summed E-state index contributed by atoms with van der Waals surface area (Å²) >= 11 is 0. The Labute approximate surface area is 117 Å². The van der Waals surface area contributed by atoms with Crippen LogP contribution in [0.1, 0.15) is 37.9 Å². The van der Waals surface area contributed by atoms with Gasteiger partial charge in [-0.15, -0.1) is 0 Å². The smallest absolute Gasteiger partial charge is 0.305 e. The minimum Gasteiger partial charge on any atom is -0.481 e. The van der Waals surface area contributed by atoms with Gasteiger partial charge in [-0.3, -0.25) is 9.69 Å². The summed E-state index contributed by atoms with van der Waals surface area (Å²) in [5.41, 5.74) is 0. The molecule has 0 radical (unpaired) electrons. The highest BCUT2D eigenvalue weighted by Gasteiger charge is 2.21. The molecule has 0 aromatic carbocycles. The van der Waals surface area contributed by atoms with Crippen molar-refractivity contribution in [1.82, 2.24) is 15.0 Å². The molecular weight excluding hydrogens is 262 g/mol. The van der Waals surface area contributed by atoms with E-state index < -0.39 is 5.97 Å². The van der Waals surface area contributed by atoms with Crippen molar-refractivity contribution in [3.8, 4) is 0 Å². The van der Waals surface area contributed by atoms with Crippen molar-refractivity contribution in [3.05, 3.63) is 11.7 Å². The zero-order valence-electron chi connectivity index (χ0n) is 11.7. The molecule has 1 saturated heterocycles. The first-order valence-electron chi connectivity index (χ1n) is 7.04. The van der Waals surface area contributed by atoms with Crippen LogP contribution in [0.25, 0.3) is 0 Å². The molecule has 0 atom stereocenters. The molecule has 2 heterocycles. The van der Waals surface area contributed by atoms with Crippen molar-refractivity contribution in [2.45, 2.75) is 45.3 Å². The van der Waals surface area contributed by atoms with E-state index in [0.29, 0.717) is 19.0 Å². The summed E-state index contributed by atoms with van der Waals surface area (Å²) in [5.74, 6) is 0.588. The lowest BCUT2D eigenvalue weighted by atomic mass is 10.1. The molecule has 1 N–H and O–H groups in total. The Morgan fingerprint density at radius 1 is 1.50 bits per heavy atom. The van der Waals surface area contributed by atoms with Gasteiger partial charge in [0.25, 0.3) is 0 Å². The van der Waals surface area contributed by atoms with Gasteiger partial charge in [0, 0.05) is 19.5 Å². The summed E-state index contributed by atoms with van der Waals surface area (Å²) in [4.78, 5) is 17.0. The number of carboxylic acid groups (broad SMARTS) is 1. The first-order valence-corrected chi connectivity index (χ1v) is 7.04. The molecule has 0 bridgehead atoms. The fourth-order valence-corrected chi connectivity index (χ4v) is 2.24. The van der Waals surface area contributed by atoms with Crippen LogP contribution in [0, 0.1) is 0 Å². The maximum Gasteiger partial charge on any atom is 0.305 e. The number of piperidine rings is 1. The van der Waals surface area contributed by atoms with Crippen LogP contribution >= 0.6 is 0 Å². The number of carboxylic acids is 1. The molecule has 1 aromatic heterocycles. The standard InChI is InChI=1S/C13H21N3O4/c1-2-11-14-12(20-15-11)9-16-6-3-10(4-7-16)19-8-5-13(17)18/h10H,2-9H2,1H3,(H,17,18). The zero-order chi connectivity index (χ0) is 14.4. The fourth-order valence-electron chi connectivity index (χ4n) is 2.24. The van der Waals surface area contributed by atoms with Gasteiger partial charge >= 0.3 is 5.97 Å². The van der Waals surface area contributed by atoms with E-state index in [1.54, 1.807) is 0 Å². The third kappa shape index (κ3) is 4.57.